The molecule has 0 spiro atoms. The molecule has 1 atom stereocenters. The molecule has 0 aromatic carbocycles. The summed E-state index contributed by atoms with van der Waals surface area (Å²) in [7, 11) is 2.42. The minimum absolute atomic E-state index is 0.131. The van der Waals surface area contributed by atoms with Gasteiger partial charge in [-0.1, -0.05) is 0 Å². The van der Waals surface area contributed by atoms with Crippen LogP contribution in [0.1, 0.15) is 0 Å². The zero-order valence-corrected chi connectivity index (χ0v) is 9.76. The van der Waals surface area contributed by atoms with Crippen LogP contribution in [0.2, 0.25) is 0 Å². The molecule has 0 saturated heterocycles. The number of aliphatic carboxylic acids is 1. The summed E-state index contributed by atoms with van der Waals surface area (Å²) in [5.74, 6) is -2.47. The van der Waals surface area contributed by atoms with Crippen LogP contribution in [0.3, 0.4) is 0 Å². The highest BCUT2D eigenvalue weighted by Gasteiger charge is 2.48. The zero-order valence-electron chi connectivity index (χ0n) is 9.76. The normalized spacial score (nSPS) is 12.7. The fourth-order valence-electron chi connectivity index (χ4n) is 1.01. The van der Waals surface area contributed by atoms with Crippen LogP contribution in [0.15, 0.2) is 6.07 Å². The fourth-order valence-corrected chi connectivity index (χ4v) is 1.01. The summed E-state index contributed by atoms with van der Waals surface area (Å²) < 4.78 is 50.8. The average Bonchev–Trinajstić information content (AvgIpc) is 2.33. The molecule has 10 heteroatoms. The predicted molar refractivity (Wildman–Crippen MR) is 53.2 cm³/mol. The van der Waals surface area contributed by atoms with E-state index in [4.69, 9.17) is 5.11 Å². The van der Waals surface area contributed by atoms with Crippen LogP contribution in [0, 0.1) is 0 Å². The van der Waals surface area contributed by atoms with Crippen LogP contribution >= 0.6 is 0 Å². The Morgan fingerprint density at radius 1 is 1.26 bits per heavy atom. The molecule has 7 nitrogen and oxygen atoms in total. The van der Waals surface area contributed by atoms with Gasteiger partial charge in [0.2, 0.25) is 11.8 Å². The minimum atomic E-state index is -5.11. The number of carbonyl (C=O) groups is 1. The first kappa shape index (κ1) is 14.8. The number of carboxylic acids is 1. The van der Waals surface area contributed by atoms with Crippen molar-refractivity contribution in [2.24, 2.45) is 0 Å². The van der Waals surface area contributed by atoms with E-state index in [-0.39, 0.29) is 11.8 Å². The first-order chi connectivity index (χ1) is 8.77. The number of ether oxygens (including phenoxy) is 3. The Bertz CT molecular complexity index is 443. The number of aromatic nitrogens is 2. The van der Waals surface area contributed by atoms with Gasteiger partial charge in [0.05, 0.1) is 20.3 Å². The second kappa shape index (κ2) is 5.59. The number of hydrogen-bond acceptors (Lipinski definition) is 6. The van der Waals surface area contributed by atoms with E-state index in [1.165, 1.54) is 20.3 Å². The zero-order chi connectivity index (χ0) is 14.6. The third-order valence-electron chi connectivity index (χ3n) is 1.82. The van der Waals surface area contributed by atoms with Crippen LogP contribution in [-0.2, 0) is 4.79 Å². The molecule has 0 aliphatic rings. The van der Waals surface area contributed by atoms with Gasteiger partial charge in [0.15, 0.2) is 0 Å². The van der Waals surface area contributed by atoms with Crippen molar-refractivity contribution in [1.82, 2.24) is 9.97 Å². The second-order valence-corrected chi connectivity index (χ2v) is 3.11. The average molecular weight is 282 g/mol. The summed E-state index contributed by atoms with van der Waals surface area (Å²) in [6.07, 6.45) is -8.18. The summed E-state index contributed by atoms with van der Waals surface area (Å²) in [6.45, 7) is 0. The standard InChI is InChI=1S/C9H9F3N2O5/c1-17-4-3-5(18-2)14-8(13-4)19-6(7(15)16)9(10,11)12/h3,6H,1-2H3,(H,15,16). The maximum absolute atomic E-state index is 12.4. The fraction of sp³-hybridized carbons (Fsp3) is 0.444. The molecule has 1 N–H and O–H groups in total. The molecular weight excluding hydrogens is 273 g/mol. The number of methoxy groups -OCH3 is 2. The second-order valence-electron chi connectivity index (χ2n) is 3.11. The summed E-state index contributed by atoms with van der Waals surface area (Å²) in [4.78, 5) is 17.4. The topological polar surface area (TPSA) is 90.8 Å². The molecule has 1 rings (SSSR count). The van der Waals surface area contributed by atoms with Crippen molar-refractivity contribution in [1.29, 1.82) is 0 Å². The van der Waals surface area contributed by atoms with Gasteiger partial charge in [-0.3, -0.25) is 0 Å². The van der Waals surface area contributed by atoms with Crippen molar-refractivity contribution in [3.05, 3.63) is 6.07 Å². The SMILES string of the molecule is COc1cc(OC)nc(OC(C(=O)O)C(F)(F)F)n1. The Hall–Kier alpha value is -2.26. The highest BCUT2D eigenvalue weighted by Crippen LogP contribution is 2.26. The minimum Gasteiger partial charge on any atom is -0.481 e. The number of alkyl halides is 3. The number of nitrogens with zero attached hydrogens (tertiary/aromatic N) is 2. The maximum atomic E-state index is 12.4. The lowest BCUT2D eigenvalue weighted by Crippen LogP contribution is -2.41. The summed E-state index contributed by atoms with van der Waals surface area (Å²) in [5.41, 5.74) is 0. The van der Waals surface area contributed by atoms with Gasteiger partial charge in [-0.15, -0.1) is 0 Å². The lowest BCUT2D eigenvalue weighted by atomic mass is 10.3. The van der Waals surface area contributed by atoms with E-state index >= 15 is 0 Å². The molecule has 0 aliphatic heterocycles. The van der Waals surface area contributed by atoms with Crippen molar-refractivity contribution in [3.8, 4) is 17.8 Å². The Morgan fingerprint density at radius 3 is 2.05 bits per heavy atom. The first-order valence-corrected chi connectivity index (χ1v) is 4.71. The molecule has 0 fully saturated rings. The van der Waals surface area contributed by atoms with Gasteiger partial charge in [-0.2, -0.15) is 23.1 Å². The smallest absolute Gasteiger partial charge is 0.436 e. The van der Waals surface area contributed by atoms with Gasteiger partial charge in [0.25, 0.3) is 6.10 Å². The molecule has 0 bridgehead atoms. The van der Waals surface area contributed by atoms with Crippen molar-refractivity contribution in [3.63, 3.8) is 0 Å². The number of hydrogen-bond donors (Lipinski definition) is 1. The van der Waals surface area contributed by atoms with E-state index in [0.29, 0.717) is 0 Å². The van der Waals surface area contributed by atoms with E-state index in [0.717, 1.165) is 0 Å². The predicted octanol–water partition coefficient (Wildman–Crippen LogP) is 0.888. The molecule has 19 heavy (non-hydrogen) atoms. The van der Waals surface area contributed by atoms with Gasteiger partial charge in [0, 0.05) is 0 Å². The molecule has 106 valence electrons. The highest BCUT2D eigenvalue weighted by molar-refractivity contribution is 5.73. The maximum Gasteiger partial charge on any atom is 0.436 e. The molecule has 0 aliphatic carbocycles. The largest absolute Gasteiger partial charge is 0.481 e. The van der Waals surface area contributed by atoms with Crippen molar-refractivity contribution in [2.45, 2.75) is 12.3 Å². The quantitative estimate of drug-likeness (QED) is 0.857. The first-order valence-electron chi connectivity index (χ1n) is 4.71. The van der Waals surface area contributed by atoms with Gasteiger partial charge in [-0.25, -0.2) is 4.79 Å². The lowest BCUT2D eigenvalue weighted by molar-refractivity contribution is -0.209. The van der Waals surface area contributed by atoms with E-state index in [9.17, 15) is 18.0 Å². The van der Waals surface area contributed by atoms with Crippen LogP contribution < -0.4 is 14.2 Å². The van der Waals surface area contributed by atoms with E-state index in [2.05, 4.69) is 24.2 Å². The van der Waals surface area contributed by atoms with E-state index in [1.807, 2.05) is 0 Å². The lowest BCUT2D eigenvalue weighted by Gasteiger charge is -2.16. The Balaban J connectivity index is 3.05. The Kier molecular flexibility index (Phi) is 4.35. The number of halogens is 3. The Morgan fingerprint density at radius 2 is 1.74 bits per heavy atom. The summed E-state index contributed by atoms with van der Waals surface area (Å²) in [5, 5.41) is 8.46. The number of carboxylic acid groups (broad SMARTS) is 1. The molecule has 1 unspecified atom stereocenters. The van der Waals surface area contributed by atoms with Crippen LogP contribution in [0.5, 0.6) is 17.8 Å². The van der Waals surface area contributed by atoms with E-state index in [1.54, 1.807) is 0 Å². The van der Waals surface area contributed by atoms with Gasteiger partial charge in [-0.05, 0) is 0 Å². The molecule has 0 radical (unpaired) electrons. The summed E-state index contributed by atoms with van der Waals surface area (Å²) in [6, 6.07) is 0.372. The van der Waals surface area contributed by atoms with Crippen LogP contribution in [-0.4, -0.2) is 47.5 Å². The van der Waals surface area contributed by atoms with Crippen LogP contribution in [0.25, 0.3) is 0 Å². The third kappa shape index (κ3) is 3.86. The third-order valence-corrected chi connectivity index (χ3v) is 1.82. The van der Waals surface area contributed by atoms with Crippen molar-refractivity contribution in [2.75, 3.05) is 14.2 Å². The van der Waals surface area contributed by atoms with Crippen molar-refractivity contribution >= 4 is 5.97 Å². The molecule has 1 heterocycles. The van der Waals surface area contributed by atoms with Gasteiger partial charge < -0.3 is 19.3 Å². The molecule has 1 aromatic rings. The van der Waals surface area contributed by atoms with Gasteiger partial charge in [0.1, 0.15) is 0 Å². The van der Waals surface area contributed by atoms with Crippen LogP contribution in [0.4, 0.5) is 13.2 Å². The summed E-state index contributed by atoms with van der Waals surface area (Å²) >= 11 is 0. The molecule has 0 amide bonds. The monoisotopic (exact) mass is 282 g/mol. The van der Waals surface area contributed by atoms with Crippen molar-refractivity contribution < 1.29 is 37.3 Å². The molecular formula is C9H9F3N2O5. The Labute approximate surface area is 104 Å². The van der Waals surface area contributed by atoms with Gasteiger partial charge >= 0.3 is 18.2 Å². The van der Waals surface area contributed by atoms with E-state index < -0.39 is 24.3 Å². The highest BCUT2D eigenvalue weighted by atomic mass is 19.4. The molecule has 0 saturated carbocycles. The molecule has 1 aromatic heterocycles. The number of rotatable bonds is 5.